The van der Waals surface area contributed by atoms with Crippen LogP contribution < -0.4 is 10.6 Å². The van der Waals surface area contributed by atoms with Crippen molar-refractivity contribution in [2.24, 2.45) is 10.4 Å². The summed E-state index contributed by atoms with van der Waals surface area (Å²) in [5.41, 5.74) is 0.428. The lowest BCUT2D eigenvalue weighted by molar-refractivity contribution is 0.160. The van der Waals surface area contributed by atoms with Crippen molar-refractivity contribution in [1.82, 2.24) is 15.5 Å². The van der Waals surface area contributed by atoms with Crippen molar-refractivity contribution >= 4 is 29.9 Å². The Balaban J connectivity index is 0.00000200. The van der Waals surface area contributed by atoms with Gasteiger partial charge in [0, 0.05) is 45.9 Å². The van der Waals surface area contributed by atoms with Gasteiger partial charge in [-0.05, 0) is 18.3 Å². The minimum Gasteiger partial charge on any atom is -0.383 e. The molecule has 6 heteroatoms. The summed E-state index contributed by atoms with van der Waals surface area (Å²) < 4.78 is 5.13. The number of rotatable bonds is 5. The van der Waals surface area contributed by atoms with Crippen molar-refractivity contribution in [2.45, 2.75) is 38.8 Å². The topological polar surface area (TPSA) is 48.9 Å². The largest absolute Gasteiger partial charge is 0.383 e. The summed E-state index contributed by atoms with van der Waals surface area (Å²) in [6, 6.07) is 1.08. The molecule has 0 spiro atoms. The average molecular weight is 396 g/mol. The summed E-state index contributed by atoms with van der Waals surface area (Å²) in [6.07, 6.45) is 2.41. The van der Waals surface area contributed by atoms with Crippen molar-refractivity contribution in [1.29, 1.82) is 0 Å². The van der Waals surface area contributed by atoms with Crippen LogP contribution in [0, 0.1) is 5.41 Å². The van der Waals surface area contributed by atoms with E-state index in [0.717, 1.165) is 32.2 Å². The molecule has 2 atom stereocenters. The van der Waals surface area contributed by atoms with Crippen LogP contribution in [0.2, 0.25) is 0 Å². The molecule has 2 unspecified atom stereocenters. The van der Waals surface area contributed by atoms with E-state index in [1.807, 2.05) is 7.05 Å². The number of hydrogen-bond acceptors (Lipinski definition) is 3. The van der Waals surface area contributed by atoms with Gasteiger partial charge in [0.25, 0.3) is 0 Å². The monoisotopic (exact) mass is 396 g/mol. The number of halogens is 1. The molecule has 1 saturated carbocycles. The number of aliphatic imine (C=N–C) groups is 1. The lowest BCUT2D eigenvalue weighted by atomic mass is 10.2. The molecule has 1 aliphatic heterocycles. The van der Waals surface area contributed by atoms with Crippen molar-refractivity contribution in [3.63, 3.8) is 0 Å². The number of likely N-dealkylation sites (tertiary alicyclic amines) is 1. The van der Waals surface area contributed by atoms with Crippen molar-refractivity contribution in [3.8, 4) is 0 Å². The highest BCUT2D eigenvalue weighted by Gasteiger charge is 2.46. The molecule has 5 nitrogen and oxygen atoms in total. The van der Waals surface area contributed by atoms with E-state index in [1.165, 1.54) is 12.8 Å². The van der Waals surface area contributed by atoms with Gasteiger partial charge >= 0.3 is 0 Å². The van der Waals surface area contributed by atoms with Gasteiger partial charge in [-0.25, -0.2) is 0 Å². The zero-order chi connectivity index (χ0) is 13.9. The molecule has 118 valence electrons. The fourth-order valence-electron chi connectivity index (χ4n) is 2.62. The van der Waals surface area contributed by atoms with E-state index in [1.54, 1.807) is 7.11 Å². The van der Waals surface area contributed by atoms with Gasteiger partial charge < -0.3 is 15.4 Å². The lowest BCUT2D eigenvalue weighted by Gasteiger charge is -2.19. The average Bonchev–Trinajstić information content (AvgIpc) is 2.76. The number of nitrogens with zero attached hydrogens (tertiary/aromatic N) is 2. The fourth-order valence-corrected chi connectivity index (χ4v) is 2.62. The first-order valence-corrected chi connectivity index (χ1v) is 7.26. The molecule has 0 aromatic rings. The second kappa shape index (κ2) is 7.79. The molecular weight excluding hydrogens is 367 g/mol. The van der Waals surface area contributed by atoms with E-state index < -0.39 is 0 Å². The van der Waals surface area contributed by atoms with Gasteiger partial charge in [-0.2, -0.15) is 0 Å². The third kappa shape index (κ3) is 5.04. The van der Waals surface area contributed by atoms with E-state index in [2.05, 4.69) is 34.4 Å². The molecule has 1 saturated heterocycles. The van der Waals surface area contributed by atoms with Crippen molar-refractivity contribution < 1.29 is 4.74 Å². The molecule has 1 aliphatic carbocycles. The first kappa shape index (κ1) is 18.0. The van der Waals surface area contributed by atoms with E-state index in [0.29, 0.717) is 17.5 Å². The maximum atomic E-state index is 5.13. The van der Waals surface area contributed by atoms with Crippen LogP contribution in [0.1, 0.15) is 26.7 Å². The van der Waals surface area contributed by atoms with Crippen LogP contribution in [0.4, 0.5) is 0 Å². The maximum Gasteiger partial charge on any atom is 0.191 e. The molecule has 2 rings (SSSR count). The molecule has 2 aliphatic rings. The van der Waals surface area contributed by atoms with Crippen LogP contribution in [-0.2, 0) is 4.74 Å². The number of guanidine groups is 1. The summed E-state index contributed by atoms with van der Waals surface area (Å²) in [5, 5.41) is 7.05. The molecule has 0 bridgehead atoms. The standard InChI is InChI=1S/C14H28N4O.HI/c1-14(2)9-12(14)17-13(15-3)16-11-5-6-18(10-11)7-8-19-4;/h11-12H,5-10H2,1-4H3,(H2,15,16,17);1H. The second-order valence-electron chi connectivity index (χ2n) is 6.39. The molecule has 0 radical (unpaired) electrons. The predicted octanol–water partition coefficient (Wildman–Crippen LogP) is 1.29. The Labute approximate surface area is 139 Å². The predicted molar refractivity (Wildman–Crippen MR) is 94.0 cm³/mol. The molecule has 0 aromatic heterocycles. The molecule has 0 aromatic carbocycles. The van der Waals surface area contributed by atoms with Crippen LogP contribution in [0.25, 0.3) is 0 Å². The van der Waals surface area contributed by atoms with Crippen molar-refractivity contribution in [2.75, 3.05) is 40.4 Å². The van der Waals surface area contributed by atoms with Crippen LogP contribution in [0.15, 0.2) is 4.99 Å². The normalized spacial score (nSPS) is 28.9. The molecular formula is C14H29IN4O. The van der Waals surface area contributed by atoms with E-state index in [4.69, 9.17) is 4.74 Å². The molecule has 0 amide bonds. The summed E-state index contributed by atoms with van der Waals surface area (Å²) in [4.78, 5) is 6.78. The Hall–Kier alpha value is -0.0800. The highest BCUT2D eigenvalue weighted by Crippen LogP contribution is 2.44. The van der Waals surface area contributed by atoms with Gasteiger partial charge in [0.15, 0.2) is 5.96 Å². The highest BCUT2D eigenvalue weighted by atomic mass is 127. The number of methoxy groups -OCH3 is 1. The summed E-state index contributed by atoms with van der Waals surface area (Å²) in [5.74, 6) is 0.953. The molecule has 2 fully saturated rings. The first-order valence-electron chi connectivity index (χ1n) is 7.26. The summed E-state index contributed by atoms with van der Waals surface area (Å²) >= 11 is 0. The second-order valence-corrected chi connectivity index (χ2v) is 6.39. The SMILES string of the molecule is CN=C(NC1CCN(CCOC)C1)NC1CC1(C)C.I. The van der Waals surface area contributed by atoms with Crippen LogP contribution >= 0.6 is 24.0 Å². The first-order chi connectivity index (χ1) is 9.05. The van der Waals surface area contributed by atoms with E-state index >= 15 is 0 Å². The molecule has 1 heterocycles. The van der Waals surface area contributed by atoms with Gasteiger partial charge in [0.2, 0.25) is 0 Å². The minimum atomic E-state index is 0. The number of ether oxygens (including phenoxy) is 1. The molecule has 20 heavy (non-hydrogen) atoms. The summed E-state index contributed by atoms with van der Waals surface area (Å²) in [6.45, 7) is 8.65. The Morgan fingerprint density at radius 3 is 2.65 bits per heavy atom. The number of nitrogens with one attached hydrogen (secondary N) is 2. The zero-order valence-corrected chi connectivity index (χ0v) is 15.4. The minimum absolute atomic E-state index is 0. The van der Waals surface area contributed by atoms with E-state index in [-0.39, 0.29) is 24.0 Å². The quantitative estimate of drug-likeness (QED) is 0.418. The van der Waals surface area contributed by atoms with Crippen LogP contribution in [0.3, 0.4) is 0 Å². The lowest BCUT2D eigenvalue weighted by Crippen LogP contribution is -2.46. The zero-order valence-electron chi connectivity index (χ0n) is 13.1. The highest BCUT2D eigenvalue weighted by molar-refractivity contribution is 14.0. The van der Waals surface area contributed by atoms with E-state index in [9.17, 15) is 0 Å². The number of hydrogen-bond donors (Lipinski definition) is 2. The van der Waals surface area contributed by atoms with Crippen molar-refractivity contribution in [3.05, 3.63) is 0 Å². The fraction of sp³-hybridized carbons (Fsp3) is 0.929. The van der Waals surface area contributed by atoms with Gasteiger partial charge in [-0.15, -0.1) is 24.0 Å². The smallest absolute Gasteiger partial charge is 0.191 e. The van der Waals surface area contributed by atoms with Crippen LogP contribution in [-0.4, -0.2) is 63.3 Å². The van der Waals surface area contributed by atoms with Gasteiger partial charge in [0.1, 0.15) is 0 Å². The Kier molecular flexibility index (Phi) is 7.00. The summed E-state index contributed by atoms with van der Waals surface area (Å²) in [7, 11) is 3.61. The van der Waals surface area contributed by atoms with Crippen LogP contribution in [0.5, 0.6) is 0 Å². The maximum absolute atomic E-state index is 5.13. The van der Waals surface area contributed by atoms with Gasteiger partial charge in [0.05, 0.1) is 6.61 Å². The Bertz CT molecular complexity index is 335. The van der Waals surface area contributed by atoms with Gasteiger partial charge in [-0.1, -0.05) is 13.8 Å². The third-order valence-corrected chi connectivity index (χ3v) is 4.27. The Morgan fingerprint density at radius 1 is 1.40 bits per heavy atom. The molecule has 2 N–H and O–H groups in total. The third-order valence-electron chi connectivity index (χ3n) is 4.27. The van der Waals surface area contributed by atoms with Gasteiger partial charge in [-0.3, -0.25) is 9.89 Å². The Morgan fingerprint density at radius 2 is 2.10 bits per heavy atom.